The number of carbonyl (C=O) groups excluding carboxylic acids is 1. The number of carbonyl (C=O) groups is 1. The Hall–Kier alpha value is -5.12. The molecule has 1 atom stereocenters. The van der Waals surface area contributed by atoms with Crippen molar-refractivity contribution in [1.82, 2.24) is 19.5 Å². The van der Waals surface area contributed by atoms with Crippen molar-refractivity contribution in [1.29, 1.82) is 0 Å². The van der Waals surface area contributed by atoms with E-state index < -0.39 is 12.0 Å². The van der Waals surface area contributed by atoms with E-state index in [9.17, 15) is 9.59 Å². The van der Waals surface area contributed by atoms with Crippen LogP contribution in [0.25, 0.3) is 6.08 Å². The van der Waals surface area contributed by atoms with Gasteiger partial charge < -0.3 is 33.5 Å². The third kappa shape index (κ3) is 6.84. The van der Waals surface area contributed by atoms with Crippen LogP contribution < -0.4 is 34.2 Å². The van der Waals surface area contributed by atoms with Gasteiger partial charge in [-0.1, -0.05) is 47.7 Å². The summed E-state index contributed by atoms with van der Waals surface area (Å²) in [6, 6.07) is 14.3. The lowest BCUT2D eigenvalue weighted by atomic mass is 9.96. The first-order chi connectivity index (χ1) is 24.4. The van der Waals surface area contributed by atoms with Gasteiger partial charge in [0, 0.05) is 26.2 Å². The quantitative estimate of drug-likeness (QED) is 0.237. The van der Waals surface area contributed by atoms with E-state index in [-0.39, 0.29) is 18.2 Å². The molecule has 0 spiro atoms. The van der Waals surface area contributed by atoms with E-state index in [1.54, 1.807) is 43.7 Å². The molecule has 0 bridgehead atoms. The van der Waals surface area contributed by atoms with Crippen LogP contribution in [0.1, 0.15) is 31.0 Å². The number of anilines is 2. The summed E-state index contributed by atoms with van der Waals surface area (Å²) in [6.45, 7) is 8.70. The smallest absolute Gasteiger partial charge is 0.338 e. The second-order valence-electron chi connectivity index (χ2n) is 11.6. The molecular weight excluding hydrogens is 662 g/mol. The molecule has 0 aliphatic carbocycles. The molecule has 0 amide bonds. The van der Waals surface area contributed by atoms with Gasteiger partial charge in [-0.2, -0.15) is 15.0 Å². The number of aromatic nitrogens is 4. The van der Waals surface area contributed by atoms with Crippen LogP contribution in [0, 0.1) is 0 Å². The number of nitrogens with zero attached hydrogens (tertiary/aromatic N) is 7. The van der Waals surface area contributed by atoms with E-state index in [4.69, 9.17) is 28.7 Å². The van der Waals surface area contributed by atoms with Crippen LogP contribution in [0.15, 0.2) is 69.6 Å². The predicted molar refractivity (Wildman–Crippen MR) is 186 cm³/mol. The highest BCUT2D eigenvalue weighted by molar-refractivity contribution is 7.07. The number of esters is 1. The molecule has 5 heterocycles. The van der Waals surface area contributed by atoms with Crippen LogP contribution in [-0.4, -0.2) is 91.8 Å². The van der Waals surface area contributed by atoms with Gasteiger partial charge in [-0.3, -0.25) is 9.36 Å². The zero-order chi connectivity index (χ0) is 34.6. The number of rotatable bonds is 9. The number of hydrogen-bond donors (Lipinski definition) is 0. The van der Waals surface area contributed by atoms with E-state index in [0.29, 0.717) is 102 Å². The number of allylic oxidation sites excluding steroid dienone is 1. The fraction of sp³-hybridized carbons (Fsp3) is 0.371. The van der Waals surface area contributed by atoms with Gasteiger partial charge in [-0.15, -0.1) is 0 Å². The first-order valence-electron chi connectivity index (χ1n) is 16.5. The van der Waals surface area contributed by atoms with Crippen LogP contribution in [0.2, 0.25) is 0 Å². The lowest BCUT2D eigenvalue weighted by Crippen LogP contribution is -2.40. The minimum absolute atomic E-state index is 0.135. The Balaban J connectivity index is 1.23. The minimum Gasteiger partial charge on any atom is -0.493 e. The van der Waals surface area contributed by atoms with E-state index in [2.05, 4.69) is 24.8 Å². The molecule has 4 aromatic rings. The van der Waals surface area contributed by atoms with Gasteiger partial charge in [-0.25, -0.2) is 9.79 Å². The zero-order valence-corrected chi connectivity index (χ0v) is 28.9. The van der Waals surface area contributed by atoms with Gasteiger partial charge in [0.05, 0.1) is 62.0 Å². The van der Waals surface area contributed by atoms with Crippen LogP contribution in [0.4, 0.5) is 11.9 Å². The highest BCUT2D eigenvalue weighted by Gasteiger charge is 2.33. The van der Waals surface area contributed by atoms with Crippen LogP contribution in [-0.2, 0) is 19.0 Å². The molecule has 260 valence electrons. The zero-order valence-electron chi connectivity index (χ0n) is 28.0. The van der Waals surface area contributed by atoms with E-state index in [1.807, 2.05) is 36.4 Å². The van der Waals surface area contributed by atoms with Crippen molar-refractivity contribution in [3.8, 4) is 17.5 Å². The molecule has 2 saturated heterocycles. The maximum atomic E-state index is 14.0. The number of methoxy groups -OCH3 is 1. The van der Waals surface area contributed by atoms with Gasteiger partial charge in [0.2, 0.25) is 11.9 Å². The van der Waals surface area contributed by atoms with Crippen molar-refractivity contribution in [2.24, 2.45) is 4.99 Å². The average molecular weight is 700 g/mol. The standard InChI is InChI=1S/C35H37N7O7S/c1-4-48-31(44)28-22(2)36-35-42(29(28)24-8-6-5-7-9-24)30(43)27(50-35)21-23-10-11-25(26(20-23)45-3)49-34-38-32(40-12-16-46-17-13-40)37-33(39-34)41-14-18-47-19-15-41/h5-11,20-21,29H,4,12-19H2,1-3H3/b27-21-/t29-/m1/s1. The number of morpholine rings is 2. The summed E-state index contributed by atoms with van der Waals surface area (Å²) >= 11 is 1.25. The molecule has 7 rings (SSSR count). The molecule has 0 N–H and O–H groups in total. The lowest BCUT2D eigenvalue weighted by Gasteiger charge is -2.30. The molecule has 3 aliphatic heterocycles. The highest BCUT2D eigenvalue weighted by atomic mass is 32.1. The molecule has 0 unspecified atom stereocenters. The number of ether oxygens (including phenoxy) is 5. The Bertz CT molecular complexity index is 2050. The van der Waals surface area contributed by atoms with E-state index in [0.717, 1.165) is 5.56 Å². The van der Waals surface area contributed by atoms with E-state index >= 15 is 0 Å². The summed E-state index contributed by atoms with van der Waals surface area (Å²) in [5, 5.41) is 0. The maximum absolute atomic E-state index is 14.0. The monoisotopic (exact) mass is 699 g/mol. The third-order valence-corrected chi connectivity index (χ3v) is 9.48. The van der Waals surface area contributed by atoms with Gasteiger partial charge in [0.1, 0.15) is 0 Å². The first kappa shape index (κ1) is 33.4. The van der Waals surface area contributed by atoms with Crippen LogP contribution in [0.5, 0.6) is 17.5 Å². The summed E-state index contributed by atoms with van der Waals surface area (Å²) in [6.07, 6.45) is 1.78. The third-order valence-electron chi connectivity index (χ3n) is 8.50. The Labute approximate surface area is 291 Å². The molecule has 0 radical (unpaired) electrons. The summed E-state index contributed by atoms with van der Waals surface area (Å²) in [5.41, 5.74) is 2.07. The Morgan fingerprint density at radius 3 is 2.22 bits per heavy atom. The fourth-order valence-electron chi connectivity index (χ4n) is 6.04. The highest BCUT2D eigenvalue weighted by Crippen LogP contribution is 2.33. The van der Waals surface area contributed by atoms with Crippen molar-refractivity contribution in [3.63, 3.8) is 0 Å². The SMILES string of the molecule is CCOC(=O)C1=C(C)N=c2s/c(=C\c3ccc(Oc4nc(N5CCOCC5)nc(N5CCOCC5)n4)c(OC)c3)c(=O)n2[C@@H]1c1ccccc1. The van der Waals surface area contributed by atoms with Crippen LogP contribution >= 0.6 is 11.3 Å². The van der Waals surface area contributed by atoms with Crippen molar-refractivity contribution in [2.45, 2.75) is 19.9 Å². The molecule has 2 aromatic carbocycles. The summed E-state index contributed by atoms with van der Waals surface area (Å²) in [4.78, 5) is 50.5. The van der Waals surface area contributed by atoms with Crippen LogP contribution in [0.3, 0.4) is 0 Å². The number of fused-ring (bicyclic) bond motifs is 1. The topological polar surface area (TPSA) is 143 Å². The largest absolute Gasteiger partial charge is 0.493 e. The maximum Gasteiger partial charge on any atom is 0.338 e. The molecule has 2 aromatic heterocycles. The molecule has 14 nitrogen and oxygen atoms in total. The molecule has 50 heavy (non-hydrogen) atoms. The van der Waals surface area contributed by atoms with Gasteiger partial charge in [0.25, 0.3) is 5.56 Å². The number of thiazole rings is 1. The molecule has 0 saturated carbocycles. The Morgan fingerprint density at radius 2 is 1.60 bits per heavy atom. The lowest BCUT2D eigenvalue weighted by molar-refractivity contribution is -0.139. The summed E-state index contributed by atoms with van der Waals surface area (Å²) in [7, 11) is 1.55. The fourth-order valence-corrected chi connectivity index (χ4v) is 7.09. The van der Waals surface area contributed by atoms with Gasteiger partial charge in [-0.05, 0) is 43.2 Å². The molecular formula is C35H37N7O7S. The van der Waals surface area contributed by atoms with Crippen molar-refractivity contribution < 1.29 is 28.5 Å². The number of hydrogen-bond acceptors (Lipinski definition) is 14. The van der Waals surface area contributed by atoms with Gasteiger partial charge in [0.15, 0.2) is 16.3 Å². The normalized spacial score (nSPS) is 18.1. The second kappa shape index (κ2) is 14.8. The average Bonchev–Trinajstić information content (AvgIpc) is 3.45. The summed E-state index contributed by atoms with van der Waals surface area (Å²) < 4.78 is 30.4. The van der Waals surface area contributed by atoms with E-state index in [1.165, 1.54) is 11.3 Å². The molecule has 2 fully saturated rings. The molecule has 3 aliphatic rings. The second-order valence-corrected chi connectivity index (χ2v) is 12.7. The molecule has 15 heteroatoms. The minimum atomic E-state index is -0.677. The first-order valence-corrected chi connectivity index (χ1v) is 17.3. The number of benzene rings is 2. The Kier molecular flexibility index (Phi) is 9.87. The summed E-state index contributed by atoms with van der Waals surface area (Å²) in [5.74, 6) is 1.36. The van der Waals surface area contributed by atoms with Crippen molar-refractivity contribution in [3.05, 3.63) is 90.6 Å². The van der Waals surface area contributed by atoms with Crippen molar-refractivity contribution in [2.75, 3.05) is 76.1 Å². The van der Waals surface area contributed by atoms with Gasteiger partial charge >= 0.3 is 12.0 Å². The van der Waals surface area contributed by atoms with Crippen molar-refractivity contribution >= 4 is 35.3 Å². The predicted octanol–water partition coefficient (Wildman–Crippen LogP) is 2.46. The Morgan fingerprint density at radius 1 is 0.940 bits per heavy atom.